The van der Waals surface area contributed by atoms with Gasteiger partial charge in [-0.05, 0) is 48.6 Å². The van der Waals surface area contributed by atoms with E-state index in [2.05, 4.69) is 38.1 Å². The van der Waals surface area contributed by atoms with E-state index in [9.17, 15) is 0 Å². The van der Waals surface area contributed by atoms with Gasteiger partial charge in [-0.25, -0.2) is 0 Å². The van der Waals surface area contributed by atoms with E-state index in [1.165, 1.54) is 101 Å². The molecular formula is C36H66O6. The molecule has 0 saturated carbocycles. The van der Waals surface area contributed by atoms with Crippen LogP contribution in [0.4, 0.5) is 0 Å². The minimum absolute atomic E-state index is 0.634. The van der Waals surface area contributed by atoms with E-state index in [1.807, 2.05) is 0 Å². The molecule has 0 amide bonds. The summed E-state index contributed by atoms with van der Waals surface area (Å²) in [5, 5.41) is 0. The molecule has 6 heteroatoms. The van der Waals surface area contributed by atoms with Gasteiger partial charge in [-0.2, -0.15) is 0 Å². The molecule has 2 atom stereocenters. The Labute approximate surface area is 259 Å². The highest BCUT2D eigenvalue weighted by Crippen LogP contribution is 2.28. The maximum Gasteiger partial charge on any atom is 0.282 e. The van der Waals surface area contributed by atoms with Crippen LogP contribution in [-0.2, 0) is 28.4 Å². The zero-order chi connectivity index (χ0) is 31.1. The van der Waals surface area contributed by atoms with Crippen molar-refractivity contribution in [2.75, 3.05) is 42.7 Å². The predicted molar refractivity (Wildman–Crippen MR) is 174 cm³/mol. The molecule has 246 valence electrons. The summed E-state index contributed by atoms with van der Waals surface area (Å²) in [6.07, 6.45) is 21.7. The molecule has 0 aliphatic carbocycles. The highest BCUT2D eigenvalue weighted by molar-refractivity contribution is 5.27. The van der Waals surface area contributed by atoms with Crippen molar-refractivity contribution in [3.05, 3.63) is 35.4 Å². The van der Waals surface area contributed by atoms with Gasteiger partial charge in [-0.3, -0.25) is 0 Å². The Bertz CT molecular complexity index is 664. The number of hydrogen-bond donors (Lipinski definition) is 0. The highest BCUT2D eigenvalue weighted by atomic mass is 16.9. The van der Waals surface area contributed by atoms with Crippen LogP contribution >= 0.6 is 0 Å². The van der Waals surface area contributed by atoms with E-state index in [0.29, 0.717) is 11.8 Å². The van der Waals surface area contributed by atoms with Crippen molar-refractivity contribution >= 4 is 0 Å². The summed E-state index contributed by atoms with van der Waals surface area (Å²) >= 11 is 0. The summed E-state index contributed by atoms with van der Waals surface area (Å²) in [6.45, 7) is 4.77. The molecule has 0 fully saturated rings. The van der Waals surface area contributed by atoms with Crippen LogP contribution in [0.2, 0.25) is 0 Å². The lowest BCUT2D eigenvalue weighted by atomic mass is 9.90. The van der Waals surface area contributed by atoms with E-state index < -0.39 is 11.9 Å². The van der Waals surface area contributed by atoms with Gasteiger partial charge < -0.3 is 28.4 Å². The third-order valence-corrected chi connectivity index (χ3v) is 9.18. The number of unbranched alkanes of at least 4 members (excludes halogenated alkanes) is 12. The highest BCUT2D eigenvalue weighted by Gasteiger charge is 2.29. The van der Waals surface area contributed by atoms with Crippen molar-refractivity contribution in [3.8, 4) is 0 Å². The molecule has 0 aromatic heterocycles. The van der Waals surface area contributed by atoms with Gasteiger partial charge in [0.25, 0.3) is 11.9 Å². The predicted octanol–water partition coefficient (Wildman–Crippen LogP) is 10.1. The van der Waals surface area contributed by atoms with Gasteiger partial charge in [0.1, 0.15) is 0 Å². The molecule has 0 aliphatic rings. The van der Waals surface area contributed by atoms with Crippen molar-refractivity contribution in [3.63, 3.8) is 0 Å². The third kappa shape index (κ3) is 15.1. The van der Waals surface area contributed by atoms with Gasteiger partial charge in [0.15, 0.2) is 0 Å². The molecule has 0 spiro atoms. The standard InChI is InChI=1S/C36H66O6/c1-31(23-19-15-11-9-13-17-21-29-35(37-3,38-4)39-5)33-25-27-34(28-26-33)32(2)24-20-16-12-10-14-18-22-30-36(40-6,41-7)42-8/h25-28,31-32H,9-24,29-30H2,1-8H3. The first-order valence-electron chi connectivity index (χ1n) is 16.8. The van der Waals surface area contributed by atoms with Crippen molar-refractivity contribution in [1.82, 2.24) is 0 Å². The molecule has 42 heavy (non-hydrogen) atoms. The van der Waals surface area contributed by atoms with Crippen LogP contribution < -0.4 is 0 Å². The van der Waals surface area contributed by atoms with Crippen molar-refractivity contribution < 1.29 is 28.4 Å². The molecule has 2 unspecified atom stereocenters. The van der Waals surface area contributed by atoms with Gasteiger partial charge in [0.05, 0.1) is 0 Å². The first kappa shape index (κ1) is 39.0. The topological polar surface area (TPSA) is 55.4 Å². The zero-order valence-corrected chi connectivity index (χ0v) is 28.6. The Morgan fingerprint density at radius 2 is 0.643 bits per heavy atom. The van der Waals surface area contributed by atoms with Crippen LogP contribution in [0.1, 0.15) is 152 Å². The van der Waals surface area contributed by atoms with Crippen LogP contribution in [0, 0.1) is 0 Å². The largest absolute Gasteiger partial charge is 0.331 e. The Kier molecular flexibility index (Phi) is 21.7. The Morgan fingerprint density at radius 1 is 0.405 bits per heavy atom. The molecular weight excluding hydrogens is 528 g/mol. The number of methoxy groups -OCH3 is 6. The van der Waals surface area contributed by atoms with Crippen molar-refractivity contribution in [1.29, 1.82) is 0 Å². The molecule has 6 nitrogen and oxygen atoms in total. The van der Waals surface area contributed by atoms with E-state index in [-0.39, 0.29) is 0 Å². The lowest BCUT2D eigenvalue weighted by Crippen LogP contribution is -2.35. The number of hydrogen-bond acceptors (Lipinski definition) is 6. The van der Waals surface area contributed by atoms with Crippen LogP contribution in [-0.4, -0.2) is 54.6 Å². The lowest BCUT2D eigenvalue weighted by molar-refractivity contribution is -0.355. The van der Waals surface area contributed by atoms with Gasteiger partial charge in [-0.1, -0.05) is 115 Å². The monoisotopic (exact) mass is 594 g/mol. The van der Waals surface area contributed by atoms with Gasteiger partial charge in [-0.15, -0.1) is 0 Å². The number of ether oxygens (including phenoxy) is 6. The quantitative estimate of drug-likeness (QED) is 0.0711. The fraction of sp³-hybridized carbons (Fsp3) is 0.833. The molecule has 1 rings (SSSR count). The van der Waals surface area contributed by atoms with E-state index in [1.54, 1.807) is 42.7 Å². The van der Waals surface area contributed by atoms with E-state index >= 15 is 0 Å². The third-order valence-electron chi connectivity index (χ3n) is 9.18. The number of benzene rings is 1. The summed E-state index contributed by atoms with van der Waals surface area (Å²) in [4.78, 5) is 0. The molecule has 1 aromatic carbocycles. The summed E-state index contributed by atoms with van der Waals surface area (Å²) in [5.41, 5.74) is 2.98. The SMILES string of the molecule is COC(CCCCCCCCCC(C)c1ccc(C(C)CCCCCCCCCC(OC)(OC)OC)cc1)(OC)OC. The summed E-state index contributed by atoms with van der Waals surface area (Å²) in [7, 11) is 9.82. The van der Waals surface area contributed by atoms with Crippen LogP contribution in [0.5, 0.6) is 0 Å². The molecule has 0 saturated heterocycles. The fourth-order valence-electron chi connectivity index (χ4n) is 5.95. The maximum atomic E-state index is 5.37. The smallest absolute Gasteiger partial charge is 0.282 e. The normalized spacial score (nSPS) is 13.9. The average molecular weight is 595 g/mol. The second-order valence-electron chi connectivity index (χ2n) is 12.1. The van der Waals surface area contributed by atoms with E-state index in [4.69, 9.17) is 28.4 Å². The second kappa shape index (κ2) is 23.4. The molecule has 0 aliphatic heterocycles. The van der Waals surface area contributed by atoms with Crippen LogP contribution in [0.15, 0.2) is 24.3 Å². The molecule has 0 radical (unpaired) electrons. The zero-order valence-electron chi connectivity index (χ0n) is 28.6. The van der Waals surface area contributed by atoms with E-state index in [0.717, 1.165) is 25.7 Å². The van der Waals surface area contributed by atoms with Gasteiger partial charge in [0.2, 0.25) is 0 Å². The molecule has 0 heterocycles. The maximum absolute atomic E-state index is 5.37. The fourth-order valence-corrected chi connectivity index (χ4v) is 5.95. The van der Waals surface area contributed by atoms with Crippen molar-refractivity contribution in [2.24, 2.45) is 0 Å². The van der Waals surface area contributed by atoms with Crippen LogP contribution in [0.25, 0.3) is 0 Å². The Balaban J connectivity index is 2.11. The summed E-state index contributed by atoms with van der Waals surface area (Å²) in [5.74, 6) is -0.477. The van der Waals surface area contributed by atoms with Gasteiger partial charge >= 0.3 is 0 Å². The van der Waals surface area contributed by atoms with Crippen LogP contribution in [0.3, 0.4) is 0 Å². The minimum atomic E-state index is -0.873. The summed E-state index contributed by atoms with van der Waals surface area (Å²) in [6, 6.07) is 9.51. The lowest BCUT2D eigenvalue weighted by Gasteiger charge is -2.28. The molecule has 0 bridgehead atoms. The Hall–Kier alpha value is -1.02. The average Bonchev–Trinajstić information content (AvgIpc) is 3.03. The summed E-state index contributed by atoms with van der Waals surface area (Å²) < 4.78 is 32.2. The Morgan fingerprint density at radius 3 is 0.905 bits per heavy atom. The molecule has 1 aromatic rings. The number of rotatable bonds is 28. The van der Waals surface area contributed by atoms with Gasteiger partial charge in [0, 0.05) is 55.5 Å². The molecule has 0 N–H and O–H groups in total. The first-order valence-corrected chi connectivity index (χ1v) is 16.8. The second-order valence-corrected chi connectivity index (χ2v) is 12.1. The van der Waals surface area contributed by atoms with Crippen molar-refractivity contribution in [2.45, 2.75) is 153 Å². The first-order chi connectivity index (χ1) is 20.3. The minimum Gasteiger partial charge on any atom is -0.331 e.